The Labute approximate surface area is 147 Å². The number of carbonyl (C=O) groups is 1. The Morgan fingerprint density at radius 3 is 2.88 bits per heavy atom. The Morgan fingerprint density at radius 2 is 2.20 bits per heavy atom. The first-order chi connectivity index (χ1) is 12.0. The van der Waals surface area contributed by atoms with Gasteiger partial charge >= 0.3 is 0 Å². The fraction of sp³-hybridized carbons (Fsp3) is 0.368. The van der Waals surface area contributed by atoms with Gasteiger partial charge in [0, 0.05) is 24.8 Å². The highest BCUT2D eigenvalue weighted by Gasteiger charge is 2.32. The molecule has 3 rings (SSSR count). The Bertz CT molecular complexity index is 778. The Morgan fingerprint density at radius 1 is 1.40 bits per heavy atom. The molecule has 5 nitrogen and oxygen atoms in total. The smallest absolute Gasteiger partial charge is 0.275 e. The summed E-state index contributed by atoms with van der Waals surface area (Å²) in [5.41, 5.74) is 7.99. The molecule has 1 saturated heterocycles. The van der Waals surface area contributed by atoms with E-state index < -0.39 is 0 Å². The minimum atomic E-state index is -0.233. The van der Waals surface area contributed by atoms with E-state index in [0.717, 1.165) is 18.4 Å². The molecule has 0 unspecified atom stereocenters. The summed E-state index contributed by atoms with van der Waals surface area (Å²) in [5, 5.41) is 0. The summed E-state index contributed by atoms with van der Waals surface area (Å²) in [6.07, 6.45) is 3.25. The number of hydrogen-bond acceptors (Lipinski definition) is 4. The number of amides is 1. The van der Waals surface area contributed by atoms with Gasteiger partial charge in [0.05, 0.1) is 11.7 Å². The van der Waals surface area contributed by atoms with Crippen LogP contribution in [0.25, 0.3) is 0 Å². The highest BCUT2D eigenvalue weighted by Crippen LogP contribution is 2.34. The number of pyridine rings is 1. The Balaban J connectivity index is 1.86. The molecule has 0 bridgehead atoms. The molecule has 1 aliphatic rings. The molecule has 25 heavy (non-hydrogen) atoms. The summed E-state index contributed by atoms with van der Waals surface area (Å²) in [4.78, 5) is 20.6. The van der Waals surface area contributed by atoms with E-state index in [1.165, 1.54) is 0 Å². The zero-order valence-corrected chi connectivity index (χ0v) is 14.6. The zero-order valence-electron chi connectivity index (χ0n) is 14.6. The lowest BCUT2D eigenvalue weighted by atomic mass is 10.0. The lowest BCUT2D eigenvalue weighted by Crippen LogP contribution is -2.31. The number of aromatic nitrogens is 1. The number of anilines is 1. The van der Waals surface area contributed by atoms with Gasteiger partial charge in [0.2, 0.25) is 0 Å². The lowest BCUT2D eigenvalue weighted by molar-refractivity contribution is 0.0730. The average molecular weight is 342 g/mol. The molecule has 1 aromatic carbocycles. The maximum Gasteiger partial charge on any atom is 0.275 e. The maximum absolute atomic E-state index is 14.4. The first kappa shape index (κ1) is 17.4. The molecule has 1 aromatic heterocycles. The van der Waals surface area contributed by atoms with Crippen LogP contribution in [-0.2, 0) is 6.54 Å². The molecular formula is C19H23FN4O. The number of rotatable bonds is 4. The van der Waals surface area contributed by atoms with Crippen LogP contribution in [0, 0.1) is 5.82 Å². The van der Waals surface area contributed by atoms with E-state index in [9.17, 15) is 9.18 Å². The molecule has 0 radical (unpaired) electrons. The van der Waals surface area contributed by atoms with Crippen molar-refractivity contribution in [3.8, 4) is 0 Å². The van der Waals surface area contributed by atoms with Gasteiger partial charge < -0.3 is 15.5 Å². The maximum atomic E-state index is 14.4. The summed E-state index contributed by atoms with van der Waals surface area (Å²) in [5.74, 6) is -0.429. The number of nitrogens with zero attached hydrogens (tertiary/aromatic N) is 3. The molecular weight excluding hydrogens is 319 g/mol. The highest BCUT2D eigenvalue weighted by molar-refractivity contribution is 5.97. The van der Waals surface area contributed by atoms with Gasteiger partial charge in [-0.25, -0.2) is 9.37 Å². The molecule has 6 heteroatoms. The van der Waals surface area contributed by atoms with E-state index in [4.69, 9.17) is 5.73 Å². The third-order valence-corrected chi connectivity index (χ3v) is 4.50. The molecule has 0 aliphatic carbocycles. The molecule has 1 atom stereocenters. The van der Waals surface area contributed by atoms with Gasteiger partial charge in [0.15, 0.2) is 5.69 Å². The van der Waals surface area contributed by atoms with E-state index in [-0.39, 0.29) is 23.5 Å². The molecule has 2 heterocycles. The SMILES string of the molecule is CN(C)Cc1ccc([C@H]2CCCN2C(=O)c2ncccc2N)cc1F. The van der Waals surface area contributed by atoms with Gasteiger partial charge in [-0.1, -0.05) is 12.1 Å². The molecule has 132 valence electrons. The predicted molar refractivity (Wildman–Crippen MR) is 95.5 cm³/mol. The number of carbonyl (C=O) groups excluding carboxylic acids is 1. The van der Waals surface area contributed by atoms with Gasteiger partial charge in [-0.15, -0.1) is 0 Å². The van der Waals surface area contributed by atoms with Crippen molar-refractivity contribution in [2.75, 3.05) is 26.4 Å². The first-order valence-electron chi connectivity index (χ1n) is 8.42. The molecule has 0 saturated carbocycles. The van der Waals surface area contributed by atoms with Crippen LogP contribution in [0.5, 0.6) is 0 Å². The van der Waals surface area contributed by atoms with Crippen molar-refractivity contribution in [3.63, 3.8) is 0 Å². The molecule has 2 N–H and O–H groups in total. The topological polar surface area (TPSA) is 62.5 Å². The van der Waals surface area contributed by atoms with Crippen LogP contribution in [-0.4, -0.2) is 41.3 Å². The van der Waals surface area contributed by atoms with Crippen molar-refractivity contribution in [1.82, 2.24) is 14.8 Å². The van der Waals surface area contributed by atoms with Crippen molar-refractivity contribution in [1.29, 1.82) is 0 Å². The van der Waals surface area contributed by atoms with Crippen molar-refractivity contribution in [2.24, 2.45) is 0 Å². The van der Waals surface area contributed by atoms with E-state index >= 15 is 0 Å². The largest absolute Gasteiger partial charge is 0.397 e. The summed E-state index contributed by atoms with van der Waals surface area (Å²) in [6.45, 7) is 1.17. The number of nitrogens with two attached hydrogens (primary N) is 1. The molecule has 1 fully saturated rings. The zero-order chi connectivity index (χ0) is 18.0. The first-order valence-corrected chi connectivity index (χ1v) is 8.42. The van der Waals surface area contributed by atoms with Crippen LogP contribution < -0.4 is 5.73 Å². The number of hydrogen-bond donors (Lipinski definition) is 1. The monoisotopic (exact) mass is 342 g/mol. The summed E-state index contributed by atoms with van der Waals surface area (Å²) in [6, 6.07) is 8.50. The van der Waals surface area contributed by atoms with Crippen LogP contribution in [0.15, 0.2) is 36.5 Å². The normalized spacial score (nSPS) is 17.3. The predicted octanol–water partition coefficient (Wildman–Crippen LogP) is 2.84. The van der Waals surface area contributed by atoms with Gasteiger partial charge in [-0.05, 0) is 50.7 Å². The number of halogens is 1. The average Bonchev–Trinajstić information content (AvgIpc) is 3.06. The van der Waals surface area contributed by atoms with Crippen LogP contribution in [0.3, 0.4) is 0 Å². The van der Waals surface area contributed by atoms with Crippen molar-refractivity contribution in [3.05, 3.63) is 59.2 Å². The van der Waals surface area contributed by atoms with Crippen molar-refractivity contribution < 1.29 is 9.18 Å². The van der Waals surface area contributed by atoms with Crippen molar-refractivity contribution >= 4 is 11.6 Å². The number of nitrogen functional groups attached to an aromatic ring is 1. The van der Waals surface area contributed by atoms with E-state index in [1.807, 2.05) is 25.1 Å². The minimum absolute atomic E-state index is 0.142. The standard InChI is InChI=1S/C19H23FN4O/c1-23(2)12-14-8-7-13(11-15(14)20)17-6-4-10-24(17)19(25)18-16(21)5-3-9-22-18/h3,5,7-9,11,17H,4,6,10,12,21H2,1-2H3/t17-/m1/s1. The van der Waals surface area contributed by atoms with Crippen LogP contribution in [0.2, 0.25) is 0 Å². The van der Waals surface area contributed by atoms with E-state index in [0.29, 0.717) is 24.3 Å². The van der Waals surface area contributed by atoms with Crippen molar-refractivity contribution in [2.45, 2.75) is 25.4 Å². The third-order valence-electron chi connectivity index (χ3n) is 4.50. The summed E-state index contributed by atoms with van der Waals surface area (Å²) < 4.78 is 14.4. The Hall–Kier alpha value is -2.47. The van der Waals surface area contributed by atoms with E-state index in [2.05, 4.69) is 4.98 Å². The van der Waals surface area contributed by atoms with Gasteiger partial charge in [0.1, 0.15) is 5.82 Å². The highest BCUT2D eigenvalue weighted by atomic mass is 19.1. The van der Waals surface area contributed by atoms with E-state index in [1.54, 1.807) is 35.4 Å². The summed E-state index contributed by atoms with van der Waals surface area (Å²) in [7, 11) is 3.81. The lowest BCUT2D eigenvalue weighted by Gasteiger charge is -2.25. The fourth-order valence-electron chi connectivity index (χ4n) is 3.33. The number of likely N-dealkylation sites (tertiary alicyclic amines) is 1. The molecule has 0 spiro atoms. The van der Waals surface area contributed by atoms with Gasteiger partial charge in [-0.2, -0.15) is 0 Å². The second kappa shape index (κ2) is 7.19. The second-order valence-electron chi connectivity index (χ2n) is 6.69. The van der Waals surface area contributed by atoms with Crippen LogP contribution in [0.1, 0.15) is 40.5 Å². The molecule has 2 aromatic rings. The summed E-state index contributed by atoms with van der Waals surface area (Å²) >= 11 is 0. The van der Waals surface area contributed by atoms with Crippen LogP contribution in [0.4, 0.5) is 10.1 Å². The third kappa shape index (κ3) is 3.64. The van der Waals surface area contributed by atoms with Gasteiger partial charge in [-0.3, -0.25) is 4.79 Å². The Kier molecular flexibility index (Phi) is 4.99. The minimum Gasteiger partial charge on any atom is -0.397 e. The number of benzene rings is 1. The second-order valence-corrected chi connectivity index (χ2v) is 6.69. The van der Waals surface area contributed by atoms with Gasteiger partial charge in [0.25, 0.3) is 5.91 Å². The van der Waals surface area contributed by atoms with Crippen LogP contribution >= 0.6 is 0 Å². The molecule has 1 amide bonds. The fourth-order valence-corrected chi connectivity index (χ4v) is 3.33. The molecule has 1 aliphatic heterocycles. The quantitative estimate of drug-likeness (QED) is 0.928.